The molecule has 98 valence electrons. The van der Waals surface area contributed by atoms with Crippen molar-refractivity contribution in [3.63, 3.8) is 0 Å². The van der Waals surface area contributed by atoms with E-state index in [1.165, 1.54) is 6.20 Å². The van der Waals surface area contributed by atoms with Crippen LogP contribution in [0.3, 0.4) is 0 Å². The number of aromatic nitrogens is 1. The minimum atomic E-state index is -1.02. The van der Waals surface area contributed by atoms with Crippen molar-refractivity contribution < 1.29 is 19.4 Å². The number of aromatic carboxylic acids is 1. The summed E-state index contributed by atoms with van der Waals surface area (Å²) in [5, 5.41) is 9.18. The molecule has 0 bridgehead atoms. The first-order valence-corrected chi connectivity index (χ1v) is 5.56. The standard InChI is InChI=1S/C14H13NO4/c1-18-10-5-9(6-11(7-10)19-2)12-3-4-15-8-13(12)14(16)17/h3-8H,1-2H3,(H,16,17). The van der Waals surface area contributed by atoms with E-state index in [-0.39, 0.29) is 5.56 Å². The van der Waals surface area contributed by atoms with E-state index in [2.05, 4.69) is 4.98 Å². The van der Waals surface area contributed by atoms with E-state index in [4.69, 9.17) is 9.47 Å². The maximum Gasteiger partial charge on any atom is 0.337 e. The minimum Gasteiger partial charge on any atom is -0.497 e. The van der Waals surface area contributed by atoms with Crippen LogP contribution >= 0.6 is 0 Å². The average molecular weight is 259 g/mol. The van der Waals surface area contributed by atoms with E-state index >= 15 is 0 Å². The van der Waals surface area contributed by atoms with Gasteiger partial charge >= 0.3 is 5.97 Å². The van der Waals surface area contributed by atoms with Gasteiger partial charge in [0.15, 0.2) is 0 Å². The molecule has 5 heteroatoms. The molecule has 2 rings (SSSR count). The predicted molar refractivity (Wildman–Crippen MR) is 69.7 cm³/mol. The van der Waals surface area contributed by atoms with Crippen molar-refractivity contribution in [2.75, 3.05) is 14.2 Å². The van der Waals surface area contributed by atoms with Gasteiger partial charge in [0.1, 0.15) is 11.5 Å². The highest BCUT2D eigenvalue weighted by molar-refractivity contribution is 5.95. The Kier molecular flexibility index (Phi) is 3.66. The molecule has 0 aliphatic rings. The van der Waals surface area contributed by atoms with Crippen molar-refractivity contribution in [3.05, 3.63) is 42.2 Å². The molecule has 0 atom stereocenters. The van der Waals surface area contributed by atoms with Crippen LogP contribution in [0.25, 0.3) is 11.1 Å². The summed E-state index contributed by atoms with van der Waals surface area (Å²) in [4.78, 5) is 15.0. The Balaban J connectivity index is 2.61. The summed E-state index contributed by atoms with van der Waals surface area (Å²) in [6.45, 7) is 0. The highest BCUT2D eigenvalue weighted by Crippen LogP contribution is 2.31. The van der Waals surface area contributed by atoms with Crippen LogP contribution in [0, 0.1) is 0 Å². The van der Waals surface area contributed by atoms with Crippen LogP contribution in [0.1, 0.15) is 10.4 Å². The third-order valence-electron chi connectivity index (χ3n) is 2.71. The number of hydrogen-bond donors (Lipinski definition) is 1. The molecule has 1 heterocycles. The molecular formula is C14H13NO4. The Bertz CT molecular complexity index is 588. The summed E-state index contributed by atoms with van der Waals surface area (Å²) in [6.07, 6.45) is 2.87. The van der Waals surface area contributed by atoms with Crippen LogP contribution in [0.4, 0.5) is 0 Å². The van der Waals surface area contributed by atoms with Gasteiger partial charge in [-0.2, -0.15) is 0 Å². The summed E-state index contributed by atoms with van der Waals surface area (Å²) in [5.74, 6) is 0.176. The molecule has 1 aromatic carbocycles. The van der Waals surface area contributed by atoms with Gasteiger partial charge in [-0.15, -0.1) is 0 Å². The maximum atomic E-state index is 11.2. The van der Waals surface area contributed by atoms with Crippen molar-refractivity contribution in [1.29, 1.82) is 0 Å². The molecule has 2 aromatic rings. The second kappa shape index (κ2) is 5.39. The van der Waals surface area contributed by atoms with E-state index in [0.29, 0.717) is 22.6 Å². The molecule has 0 fully saturated rings. The number of carboxylic acids is 1. The van der Waals surface area contributed by atoms with Gasteiger partial charge in [-0.1, -0.05) is 0 Å². The number of rotatable bonds is 4. The Hall–Kier alpha value is -2.56. The summed E-state index contributed by atoms with van der Waals surface area (Å²) < 4.78 is 10.4. The van der Waals surface area contributed by atoms with Gasteiger partial charge in [-0.3, -0.25) is 4.98 Å². The average Bonchev–Trinajstić information content (AvgIpc) is 2.46. The van der Waals surface area contributed by atoms with Gasteiger partial charge in [0.25, 0.3) is 0 Å². The molecule has 0 radical (unpaired) electrons. The van der Waals surface area contributed by atoms with Crippen molar-refractivity contribution in [1.82, 2.24) is 4.98 Å². The number of methoxy groups -OCH3 is 2. The fourth-order valence-corrected chi connectivity index (χ4v) is 1.78. The lowest BCUT2D eigenvalue weighted by Gasteiger charge is -2.10. The maximum absolute atomic E-state index is 11.2. The Morgan fingerprint density at radius 3 is 2.32 bits per heavy atom. The molecule has 0 amide bonds. The first-order valence-electron chi connectivity index (χ1n) is 5.56. The number of carboxylic acid groups (broad SMARTS) is 1. The Morgan fingerprint density at radius 1 is 1.16 bits per heavy atom. The van der Waals surface area contributed by atoms with Gasteiger partial charge in [-0.05, 0) is 29.3 Å². The van der Waals surface area contributed by atoms with Gasteiger partial charge in [-0.25, -0.2) is 4.79 Å². The lowest BCUT2D eigenvalue weighted by atomic mass is 10.0. The topological polar surface area (TPSA) is 68.7 Å². The molecule has 0 aliphatic heterocycles. The zero-order chi connectivity index (χ0) is 13.8. The van der Waals surface area contributed by atoms with Crippen molar-refractivity contribution in [2.45, 2.75) is 0 Å². The number of hydrogen-bond acceptors (Lipinski definition) is 4. The van der Waals surface area contributed by atoms with E-state index in [0.717, 1.165) is 0 Å². The third kappa shape index (κ3) is 2.65. The van der Waals surface area contributed by atoms with Gasteiger partial charge in [0, 0.05) is 18.5 Å². The number of ether oxygens (including phenoxy) is 2. The van der Waals surface area contributed by atoms with E-state index in [1.54, 1.807) is 44.7 Å². The zero-order valence-corrected chi connectivity index (χ0v) is 10.6. The SMILES string of the molecule is COc1cc(OC)cc(-c2ccncc2C(=O)O)c1. The first-order chi connectivity index (χ1) is 9.15. The van der Waals surface area contributed by atoms with Gasteiger partial charge in [0.05, 0.1) is 19.8 Å². The molecule has 0 aliphatic carbocycles. The van der Waals surface area contributed by atoms with Crippen LogP contribution < -0.4 is 9.47 Å². The fourth-order valence-electron chi connectivity index (χ4n) is 1.78. The number of benzene rings is 1. The van der Waals surface area contributed by atoms with Crippen molar-refractivity contribution >= 4 is 5.97 Å². The normalized spacial score (nSPS) is 10.0. The molecule has 0 spiro atoms. The summed E-state index contributed by atoms with van der Waals surface area (Å²) in [7, 11) is 3.09. The van der Waals surface area contributed by atoms with Crippen LogP contribution in [-0.4, -0.2) is 30.3 Å². The van der Waals surface area contributed by atoms with Gasteiger partial charge in [0.2, 0.25) is 0 Å². The largest absolute Gasteiger partial charge is 0.497 e. The Labute approximate surface area is 110 Å². The van der Waals surface area contributed by atoms with E-state index < -0.39 is 5.97 Å². The second-order valence-corrected chi connectivity index (χ2v) is 3.83. The summed E-state index contributed by atoms with van der Waals surface area (Å²) in [5.41, 5.74) is 1.41. The fraction of sp³-hybridized carbons (Fsp3) is 0.143. The first kappa shape index (κ1) is 12.9. The van der Waals surface area contributed by atoms with Gasteiger partial charge < -0.3 is 14.6 Å². The predicted octanol–water partition coefficient (Wildman–Crippen LogP) is 2.46. The molecule has 0 saturated heterocycles. The lowest BCUT2D eigenvalue weighted by Crippen LogP contribution is -2.00. The zero-order valence-electron chi connectivity index (χ0n) is 10.6. The van der Waals surface area contributed by atoms with Crippen molar-refractivity contribution in [2.24, 2.45) is 0 Å². The smallest absolute Gasteiger partial charge is 0.337 e. The molecule has 19 heavy (non-hydrogen) atoms. The second-order valence-electron chi connectivity index (χ2n) is 3.83. The minimum absolute atomic E-state index is 0.137. The van der Waals surface area contributed by atoms with Crippen LogP contribution in [-0.2, 0) is 0 Å². The highest BCUT2D eigenvalue weighted by atomic mass is 16.5. The van der Waals surface area contributed by atoms with E-state index in [9.17, 15) is 9.90 Å². The highest BCUT2D eigenvalue weighted by Gasteiger charge is 2.13. The molecule has 1 aromatic heterocycles. The summed E-state index contributed by atoms with van der Waals surface area (Å²) in [6, 6.07) is 6.89. The summed E-state index contributed by atoms with van der Waals surface area (Å²) >= 11 is 0. The monoisotopic (exact) mass is 259 g/mol. The number of carbonyl (C=O) groups is 1. The molecular weight excluding hydrogens is 246 g/mol. The quantitative estimate of drug-likeness (QED) is 0.913. The van der Waals surface area contributed by atoms with Crippen LogP contribution in [0.15, 0.2) is 36.7 Å². The molecule has 1 N–H and O–H groups in total. The molecule has 0 unspecified atom stereocenters. The van der Waals surface area contributed by atoms with Crippen LogP contribution in [0.2, 0.25) is 0 Å². The third-order valence-corrected chi connectivity index (χ3v) is 2.71. The number of pyridine rings is 1. The van der Waals surface area contributed by atoms with E-state index in [1.807, 2.05) is 0 Å². The Morgan fingerprint density at radius 2 is 1.79 bits per heavy atom. The number of nitrogens with zero attached hydrogens (tertiary/aromatic N) is 1. The van der Waals surface area contributed by atoms with Crippen LogP contribution in [0.5, 0.6) is 11.5 Å². The van der Waals surface area contributed by atoms with Crippen molar-refractivity contribution in [3.8, 4) is 22.6 Å². The molecule has 5 nitrogen and oxygen atoms in total. The lowest BCUT2D eigenvalue weighted by molar-refractivity contribution is 0.0697. The molecule has 0 saturated carbocycles.